The van der Waals surface area contributed by atoms with Gasteiger partial charge in [0.1, 0.15) is 5.54 Å². The minimum atomic E-state index is -0.690. The van der Waals surface area contributed by atoms with Crippen LogP contribution < -0.4 is 0 Å². The summed E-state index contributed by atoms with van der Waals surface area (Å²) < 4.78 is 1.65. The smallest absolute Gasteiger partial charge is 0.236 e. The highest BCUT2D eigenvalue weighted by atomic mass is 32.2. The molecule has 1 aliphatic carbocycles. The molecule has 0 bridgehead atoms. The molecule has 0 unspecified atom stereocenters. The molecule has 1 aromatic heterocycles. The predicted molar refractivity (Wildman–Crippen MR) is 108 cm³/mol. The van der Waals surface area contributed by atoms with Crippen LogP contribution in [0.2, 0.25) is 0 Å². The maximum atomic E-state index is 13.1. The predicted octanol–water partition coefficient (Wildman–Crippen LogP) is 3.44. The molecule has 7 nitrogen and oxygen atoms in total. The van der Waals surface area contributed by atoms with Crippen molar-refractivity contribution in [3.8, 4) is 11.8 Å². The third-order valence-electron chi connectivity index (χ3n) is 5.67. The van der Waals surface area contributed by atoms with Gasteiger partial charge in [0.15, 0.2) is 0 Å². The number of aromatic nitrogens is 4. The molecule has 8 heteroatoms. The summed E-state index contributed by atoms with van der Waals surface area (Å²) in [5, 5.41) is 21.9. The third-order valence-corrected chi connectivity index (χ3v) is 6.69. The molecule has 28 heavy (non-hydrogen) atoms. The summed E-state index contributed by atoms with van der Waals surface area (Å²) in [5.41, 5.74) is 2.53. The van der Waals surface area contributed by atoms with E-state index in [1.807, 2.05) is 32.0 Å². The van der Waals surface area contributed by atoms with Crippen molar-refractivity contribution in [2.24, 2.45) is 0 Å². The minimum absolute atomic E-state index is 0.0666. The third kappa shape index (κ3) is 3.90. The van der Waals surface area contributed by atoms with E-state index in [0.29, 0.717) is 5.16 Å². The lowest BCUT2D eigenvalue weighted by Gasteiger charge is -2.40. The Labute approximate surface area is 170 Å². The van der Waals surface area contributed by atoms with Crippen LogP contribution >= 0.6 is 11.8 Å². The van der Waals surface area contributed by atoms with E-state index < -0.39 is 10.8 Å². The van der Waals surface area contributed by atoms with Crippen molar-refractivity contribution in [2.75, 3.05) is 7.05 Å². The van der Waals surface area contributed by atoms with Crippen LogP contribution in [0, 0.1) is 25.2 Å². The second-order valence-electron chi connectivity index (χ2n) is 7.50. The molecule has 1 fully saturated rings. The summed E-state index contributed by atoms with van der Waals surface area (Å²) in [6, 6.07) is 8.44. The summed E-state index contributed by atoms with van der Waals surface area (Å²) >= 11 is 1.32. The van der Waals surface area contributed by atoms with Gasteiger partial charge >= 0.3 is 0 Å². The number of hydrogen-bond acceptors (Lipinski definition) is 6. The number of rotatable bonds is 5. The van der Waals surface area contributed by atoms with E-state index in [4.69, 9.17) is 0 Å². The van der Waals surface area contributed by atoms with Gasteiger partial charge in [-0.2, -0.15) is 9.94 Å². The van der Waals surface area contributed by atoms with Crippen molar-refractivity contribution in [3.63, 3.8) is 0 Å². The number of nitrogens with zero attached hydrogens (tertiary/aromatic N) is 6. The van der Waals surface area contributed by atoms with Gasteiger partial charge < -0.3 is 4.90 Å². The molecule has 0 N–H and O–H groups in total. The Kier molecular flexibility index (Phi) is 6.04. The normalized spacial score (nSPS) is 17.0. The number of hydrogen-bond donors (Lipinski definition) is 0. The summed E-state index contributed by atoms with van der Waals surface area (Å²) in [5.74, 6) is -0.0666. The van der Waals surface area contributed by atoms with Crippen LogP contribution in [-0.2, 0) is 4.79 Å². The van der Waals surface area contributed by atoms with Gasteiger partial charge in [-0.25, -0.2) is 0 Å². The van der Waals surface area contributed by atoms with Gasteiger partial charge in [0, 0.05) is 7.05 Å². The quantitative estimate of drug-likeness (QED) is 0.717. The van der Waals surface area contributed by atoms with Crippen LogP contribution in [0.3, 0.4) is 0 Å². The molecule has 1 amide bonds. The molecule has 1 saturated carbocycles. The molecule has 3 rings (SSSR count). The fourth-order valence-electron chi connectivity index (χ4n) is 3.62. The Hall–Kier alpha value is -2.40. The molecule has 0 radical (unpaired) electrons. The van der Waals surface area contributed by atoms with Gasteiger partial charge in [0.25, 0.3) is 0 Å². The van der Waals surface area contributed by atoms with Gasteiger partial charge in [-0.3, -0.25) is 4.79 Å². The lowest BCUT2D eigenvalue weighted by atomic mass is 9.81. The minimum Gasteiger partial charge on any atom is -0.326 e. The van der Waals surface area contributed by atoms with Gasteiger partial charge in [-0.05, 0) is 67.3 Å². The van der Waals surface area contributed by atoms with E-state index in [2.05, 4.69) is 28.5 Å². The van der Waals surface area contributed by atoms with Gasteiger partial charge in [-0.15, -0.1) is 5.10 Å². The Bertz CT molecular complexity index is 896. The molecular weight excluding hydrogens is 372 g/mol. The summed E-state index contributed by atoms with van der Waals surface area (Å²) in [6.45, 7) is 5.95. The molecule has 0 spiro atoms. The van der Waals surface area contributed by atoms with Crippen molar-refractivity contribution < 1.29 is 4.79 Å². The molecular formula is C20H26N6OS. The lowest BCUT2D eigenvalue weighted by molar-refractivity contribution is -0.133. The van der Waals surface area contributed by atoms with Crippen LogP contribution in [-0.4, -0.2) is 48.9 Å². The number of carbonyl (C=O) groups is 1. The van der Waals surface area contributed by atoms with Gasteiger partial charge in [-0.1, -0.05) is 37.1 Å². The van der Waals surface area contributed by atoms with E-state index in [1.54, 1.807) is 16.6 Å². The van der Waals surface area contributed by atoms with Gasteiger partial charge in [0.2, 0.25) is 11.1 Å². The van der Waals surface area contributed by atoms with Crippen molar-refractivity contribution in [2.45, 2.75) is 68.8 Å². The Morgan fingerprint density at radius 2 is 2.00 bits per heavy atom. The monoisotopic (exact) mass is 398 g/mol. The van der Waals surface area contributed by atoms with Crippen molar-refractivity contribution >= 4 is 17.7 Å². The fraction of sp³-hybridized carbons (Fsp3) is 0.550. The fourth-order valence-corrected chi connectivity index (χ4v) is 4.52. The number of carbonyl (C=O) groups excluding carboxylic acids is 1. The second kappa shape index (κ2) is 8.31. The van der Waals surface area contributed by atoms with Crippen molar-refractivity contribution in [3.05, 3.63) is 29.3 Å². The largest absolute Gasteiger partial charge is 0.326 e. The Morgan fingerprint density at radius 3 is 2.64 bits per heavy atom. The van der Waals surface area contributed by atoms with E-state index in [0.717, 1.165) is 43.4 Å². The first kappa shape index (κ1) is 20.3. The first-order valence-corrected chi connectivity index (χ1v) is 10.5. The zero-order valence-corrected chi connectivity index (χ0v) is 17.7. The van der Waals surface area contributed by atoms with E-state index in [1.165, 1.54) is 17.3 Å². The van der Waals surface area contributed by atoms with Crippen LogP contribution in [0.15, 0.2) is 23.4 Å². The first-order chi connectivity index (χ1) is 13.4. The standard InChI is InChI=1S/C20H26N6OS/c1-14-8-9-17(12-15(14)2)26-19(22-23-24-26)28-16(3)18(27)25(4)20(13-21)10-6-5-7-11-20/h8-9,12,16H,5-7,10-11H2,1-4H3/t16-/m0/s1. The van der Waals surface area contributed by atoms with Crippen LogP contribution in [0.1, 0.15) is 50.2 Å². The Morgan fingerprint density at radius 1 is 1.29 bits per heavy atom. The SMILES string of the molecule is Cc1ccc(-n2nnnc2S[C@@H](C)C(=O)N(C)C2(C#N)CCCCC2)cc1C. The van der Waals surface area contributed by atoms with E-state index in [9.17, 15) is 10.1 Å². The topological polar surface area (TPSA) is 87.7 Å². The number of tetrazole rings is 1. The zero-order chi connectivity index (χ0) is 20.3. The summed E-state index contributed by atoms with van der Waals surface area (Å²) in [4.78, 5) is 14.7. The molecule has 148 valence electrons. The van der Waals surface area contributed by atoms with Crippen LogP contribution in [0.25, 0.3) is 5.69 Å². The van der Waals surface area contributed by atoms with Crippen LogP contribution in [0.4, 0.5) is 0 Å². The highest BCUT2D eigenvalue weighted by Crippen LogP contribution is 2.34. The maximum absolute atomic E-state index is 13.1. The molecule has 1 aliphatic rings. The van der Waals surface area contributed by atoms with Crippen LogP contribution in [0.5, 0.6) is 0 Å². The van der Waals surface area contributed by atoms with Crippen molar-refractivity contribution in [1.82, 2.24) is 25.1 Å². The summed E-state index contributed by atoms with van der Waals surface area (Å²) in [6.07, 6.45) is 4.57. The average molecular weight is 399 g/mol. The van der Waals surface area contributed by atoms with Gasteiger partial charge in [0.05, 0.1) is 17.0 Å². The highest BCUT2D eigenvalue weighted by Gasteiger charge is 2.40. The highest BCUT2D eigenvalue weighted by molar-refractivity contribution is 8.00. The Balaban J connectivity index is 1.77. The maximum Gasteiger partial charge on any atom is 0.236 e. The number of aryl methyl sites for hydroxylation is 2. The molecule has 1 heterocycles. The number of nitriles is 1. The van der Waals surface area contributed by atoms with E-state index in [-0.39, 0.29) is 5.91 Å². The van der Waals surface area contributed by atoms with Crippen molar-refractivity contribution in [1.29, 1.82) is 5.26 Å². The summed E-state index contributed by atoms with van der Waals surface area (Å²) in [7, 11) is 1.75. The molecule has 1 atom stereocenters. The molecule has 2 aromatic rings. The molecule has 0 saturated heterocycles. The average Bonchev–Trinajstić information content (AvgIpc) is 3.17. The zero-order valence-electron chi connectivity index (χ0n) is 16.8. The van der Waals surface area contributed by atoms with E-state index >= 15 is 0 Å². The molecule has 0 aliphatic heterocycles. The number of amides is 1. The lowest BCUT2D eigenvalue weighted by Crippen LogP contribution is -2.52. The molecule has 1 aromatic carbocycles. The second-order valence-corrected chi connectivity index (χ2v) is 8.81. The first-order valence-electron chi connectivity index (χ1n) is 9.59. The number of thioether (sulfide) groups is 1. The number of benzene rings is 1.